The fourth-order valence-corrected chi connectivity index (χ4v) is 4.29. The first kappa shape index (κ1) is 21.0. The molecule has 2 atom stereocenters. The van der Waals surface area contributed by atoms with Crippen LogP contribution in [0.1, 0.15) is 18.9 Å². The molecule has 1 aliphatic rings. The number of para-hydroxylation sites is 3. The van der Waals surface area contributed by atoms with Crippen molar-refractivity contribution in [1.29, 1.82) is 0 Å². The fraction of sp³-hybridized carbons (Fsp3) is 0.261. The predicted octanol–water partition coefficient (Wildman–Crippen LogP) is 4.12. The summed E-state index contributed by atoms with van der Waals surface area (Å²) in [5, 5.41) is 8.99. The molecule has 0 aliphatic carbocycles. The van der Waals surface area contributed by atoms with Crippen molar-refractivity contribution < 1.29 is 14.3 Å². The van der Waals surface area contributed by atoms with E-state index in [9.17, 15) is 4.79 Å². The van der Waals surface area contributed by atoms with Crippen LogP contribution in [-0.4, -0.2) is 39.6 Å². The molecule has 0 unspecified atom stereocenters. The number of amides is 1. The van der Waals surface area contributed by atoms with Gasteiger partial charge in [-0.15, -0.1) is 16.8 Å². The van der Waals surface area contributed by atoms with Crippen LogP contribution in [-0.2, 0) is 11.3 Å². The molecule has 4 rings (SSSR count). The van der Waals surface area contributed by atoms with E-state index in [4.69, 9.17) is 9.47 Å². The Kier molecular flexibility index (Phi) is 6.27. The van der Waals surface area contributed by atoms with Gasteiger partial charge in [0.1, 0.15) is 6.61 Å². The molecule has 0 radical (unpaired) electrons. The van der Waals surface area contributed by atoms with Gasteiger partial charge < -0.3 is 14.4 Å². The number of fused-ring (bicyclic) bond motifs is 1. The first-order valence-corrected chi connectivity index (χ1v) is 10.9. The zero-order valence-electron chi connectivity index (χ0n) is 17.5. The van der Waals surface area contributed by atoms with E-state index >= 15 is 0 Å². The Morgan fingerprint density at radius 1 is 1.23 bits per heavy atom. The normalized spacial score (nSPS) is 15.9. The number of rotatable bonds is 7. The van der Waals surface area contributed by atoms with Crippen molar-refractivity contribution in [3.05, 3.63) is 73.1 Å². The summed E-state index contributed by atoms with van der Waals surface area (Å²) in [6.07, 6.45) is 1.38. The van der Waals surface area contributed by atoms with Crippen LogP contribution in [0.15, 0.2) is 72.4 Å². The molecule has 160 valence electrons. The van der Waals surface area contributed by atoms with Crippen LogP contribution in [0.4, 0.5) is 5.69 Å². The van der Waals surface area contributed by atoms with Crippen LogP contribution >= 0.6 is 11.8 Å². The fourth-order valence-electron chi connectivity index (χ4n) is 3.33. The second-order valence-corrected chi connectivity index (χ2v) is 8.41. The Labute approximate surface area is 185 Å². The van der Waals surface area contributed by atoms with Gasteiger partial charge in [-0.2, -0.15) is 0 Å². The standard InChI is InChI=1S/C23H24N4O3S/c1-4-14-27-21(20-15-29-18-12-8-9-13-19(18)30-20)24-25-23(27)31-16(2)22(28)26(3)17-10-6-5-7-11-17/h4-13,16,20H,1,14-15H2,2-3H3/t16-,20-/m1/s1. The van der Waals surface area contributed by atoms with Gasteiger partial charge in [-0.25, -0.2) is 0 Å². The summed E-state index contributed by atoms with van der Waals surface area (Å²) in [4.78, 5) is 14.6. The minimum atomic E-state index is -0.394. The molecule has 1 aromatic heterocycles. The molecule has 2 heterocycles. The van der Waals surface area contributed by atoms with Crippen molar-refractivity contribution in [1.82, 2.24) is 14.8 Å². The van der Waals surface area contributed by atoms with Crippen molar-refractivity contribution in [3.8, 4) is 11.5 Å². The van der Waals surface area contributed by atoms with Gasteiger partial charge in [0.05, 0.1) is 5.25 Å². The number of allylic oxidation sites excluding steroid dienone is 1. The summed E-state index contributed by atoms with van der Waals surface area (Å²) < 4.78 is 13.9. The van der Waals surface area contributed by atoms with Crippen molar-refractivity contribution in [2.45, 2.75) is 30.0 Å². The number of nitrogens with zero attached hydrogens (tertiary/aromatic N) is 4. The predicted molar refractivity (Wildman–Crippen MR) is 121 cm³/mol. The number of hydrogen-bond acceptors (Lipinski definition) is 6. The topological polar surface area (TPSA) is 69.5 Å². The van der Waals surface area contributed by atoms with Gasteiger partial charge in [-0.3, -0.25) is 9.36 Å². The van der Waals surface area contributed by atoms with Crippen LogP contribution in [0.5, 0.6) is 11.5 Å². The molecule has 8 heteroatoms. The Hall–Kier alpha value is -3.26. The molecule has 0 N–H and O–H groups in total. The van der Waals surface area contributed by atoms with Gasteiger partial charge in [0.25, 0.3) is 0 Å². The molecule has 7 nitrogen and oxygen atoms in total. The van der Waals surface area contributed by atoms with Crippen molar-refractivity contribution >= 4 is 23.4 Å². The van der Waals surface area contributed by atoms with Gasteiger partial charge in [0, 0.05) is 19.3 Å². The maximum atomic E-state index is 12.9. The molecule has 0 saturated carbocycles. The molecule has 1 amide bonds. The lowest BCUT2D eigenvalue weighted by molar-refractivity contribution is -0.117. The first-order valence-electron chi connectivity index (χ1n) is 10.00. The van der Waals surface area contributed by atoms with E-state index in [1.807, 2.05) is 66.1 Å². The van der Waals surface area contributed by atoms with Crippen LogP contribution in [0.25, 0.3) is 0 Å². The second-order valence-electron chi connectivity index (χ2n) is 7.10. The number of carbonyl (C=O) groups excluding carboxylic acids is 1. The van der Waals surface area contributed by atoms with Crippen LogP contribution in [0.3, 0.4) is 0 Å². The zero-order valence-corrected chi connectivity index (χ0v) is 18.3. The third-order valence-electron chi connectivity index (χ3n) is 4.96. The number of benzene rings is 2. The van der Waals surface area contributed by atoms with Crippen molar-refractivity contribution in [3.63, 3.8) is 0 Å². The SMILES string of the molecule is C=CCn1c(S[C@H](C)C(=O)N(C)c2ccccc2)nnc1[C@H]1COc2ccccc2O1. The second kappa shape index (κ2) is 9.26. The Balaban J connectivity index is 1.52. The van der Waals surface area contributed by atoms with Crippen LogP contribution < -0.4 is 14.4 Å². The Morgan fingerprint density at radius 2 is 1.94 bits per heavy atom. The van der Waals surface area contributed by atoms with E-state index in [1.165, 1.54) is 11.8 Å². The summed E-state index contributed by atoms with van der Waals surface area (Å²) in [7, 11) is 1.78. The lowest BCUT2D eigenvalue weighted by atomic mass is 10.2. The van der Waals surface area contributed by atoms with Gasteiger partial charge >= 0.3 is 0 Å². The molecule has 3 aromatic rings. The maximum absolute atomic E-state index is 12.9. The van der Waals surface area contributed by atoms with E-state index in [0.29, 0.717) is 35.6 Å². The van der Waals surface area contributed by atoms with E-state index < -0.39 is 6.10 Å². The Morgan fingerprint density at radius 3 is 2.68 bits per heavy atom. The molecular weight excluding hydrogens is 412 g/mol. The highest BCUT2D eigenvalue weighted by Gasteiger charge is 2.30. The van der Waals surface area contributed by atoms with Gasteiger partial charge in [0.15, 0.2) is 28.6 Å². The lowest BCUT2D eigenvalue weighted by Gasteiger charge is -2.26. The number of ether oxygens (including phenoxy) is 2. The highest BCUT2D eigenvalue weighted by atomic mass is 32.2. The monoisotopic (exact) mass is 436 g/mol. The summed E-state index contributed by atoms with van der Waals surface area (Å²) >= 11 is 1.37. The molecule has 0 bridgehead atoms. The summed E-state index contributed by atoms with van der Waals surface area (Å²) in [5.74, 6) is 2.02. The number of carbonyl (C=O) groups is 1. The van der Waals surface area contributed by atoms with Crippen molar-refractivity contribution in [2.75, 3.05) is 18.6 Å². The number of aromatic nitrogens is 3. The third kappa shape index (κ3) is 4.44. The molecule has 0 fully saturated rings. The smallest absolute Gasteiger partial charge is 0.240 e. The molecule has 31 heavy (non-hydrogen) atoms. The molecule has 2 aromatic carbocycles. The van der Waals surface area contributed by atoms with Gasteiger partial charge in [0.2, 0.25) is 5.91 Å². The van der Waals surface area contributed by atoms with E-state index in [2.05, 4.69) is 16.8 Å². The minimum Gasteiger partial charge on any atom is -0.485 e. The summed E-state index contributed by atoms with van der Waals surface area (Å²) in [6.45, 7) is 6.56. The van der Waals surface area contributed by atoms with Crippen LogP contribution in [0, 0.1) is 0 Å². The van der Waals surface area contributed by atoms with Crippen molar-refractivity contribution in [2.24, 2.45) is 0 Å². The van der Waals surface area contributed by atoms with Gasteiger partial charge in [-0.1, -0.05) is 48.2 Å². The largest absolute Gasteiger partial charge is 0.485 e. The Bertz CT molecular complexity index is 1070. The van der Waals surface area contributed by atoms with E-state index in [1.54, 1.807) is 18.0 Å². The average Bonchev–Trinajstić information content (AvgIpc) is 3.20. The third-order valence-corrected chi connectivity index (χ3v) is 6.03. The number of thioether (sulfide) groups is 1. The molecule has 1 aliphatic heterocycles. The van der Waals surface area contributed by atoms with E-state index in [-0.39, 0.29) is 11.2 Å². The molecule has 0 spiro atoms. The first-order chi connectivity index (χ1) is 15.1. The molecular formula is C23H24N4O3S. The van der Waals surface area contributed by atoms with Gasteiger partial charge in [-0.05, 0) is 31.2 Å². The number of hydrogen-bond donors (Lipinski definition) is 0. The molecule has 0 saturated heterocycles. The lowest BCUT2D eigenvalue weighted by Crippen LogP contribution is -2.33. The maximum Gasteiger partial charge on any atom is 0.240 e. The van der Waals surface area contributed by atoms with Crippen LogP contribution in [0.2, 0.25) is 0 Å². The summed E-state index contributed by atoms with van der Waals surface area (Å²) in [6, 6.07) is 17.1. The quantitative estimate of drug-likeness (QED) is 0.410. The highest BCUT2D eigenvalue weighted by molar-refractivity contribution is 8.00. The minimum absolute atomic E-state index is 0.0166. The number of anilines is 1. The van der Waals surface area contributed by atoms with E-state index in [0.717, 1.165) is 5.69 Å². The average molecular weight is 437 g/mol. The zero-order chi connectivity index (χ0) is 21.8. The highest BCUT2D eigenvalue weighted by Crippen LogP contribution is 2.36. The summed E-state index contributed by atoms with van der Waals surface area (Å²) in [5.41, 5.74) is 0.847.